The van der Waals surface area contributed by atoms with Crippen LogP contribution in [-0.2, 0) is 4.79 Å². The number of hydrogen-bond donors (Lipinski definition) is 2. The zero-order chi connectivity index (χ0) is 10.8. The van der Waals surface area contributed by atoms with Gasteiger partial charge >= 0.3 is 5.69 Å². The molecule has 0 aliphatic carbocycles. The van der Waals surface area contributed by atoms with Crippen molar-refractivity contribution in [1.29, 1.82) is 0 Å². The summed E-state index contributed by atoms with van der Waals surface area (Å²) in [4.78, 5) is 30.2. The van der Waals surface area contributed by atoms with Crippen LogP contribution in [0.4, 0.5) is 5.82 Å². The molecule has 1 N–H and O–H groups in total. The van der Waals surface area contributed by atoms with Crippen LogP contribution in [-0.4, -0.2) is 28.2 Å². The fraction of sp³-hybridized carbons (Fsp3) is 0.444. The van der Waals surface area contributed by atoms with Crippen LogP contribution in [0.15, 0.2) is 17.1 Å². The molecule has 0 bridgehead atoms. The zero-order valence-corrected chi connectivity index (χ0v) is 8.91. The van der Waals surface area contributed by atoms with Gasteiger partial charge in [-0.1, -0.05) is 0 Å². The van der Waals surface area contributed by atoms with Gasteiger partial charge in [-0.05, 0) is 17.7 Å². The summed E-state index contributed by atoms with van der Waals surface area (Å²) < 4.78 is 0. The van der Waals surface area contributed by atoms with Crippen molar-refractivity contribution in [2.24, 2.45) is 5.92 Å². The maximum absolute atomic E-state index is 11.6. The highest BCUT2D eigenvalue weighted by Gasteiger charge is 2.30. The summed E-state index contributed by atoms with van der Waals surface area (Å²) in [5, 5.41) is 0. The smallest absolute Gasteiger partial charge is 0.298 e. The van der Waals surface area contributed by atoms with Crippen LogP contribution in [0.25, 0.3) is 0 Å². The molecule has 1 unspecified atom stereocenters. The minimum Gasteiger partial charge on any atom is -0.298 e. The molecule has 1 aromatic rings. The Morgan fingerprint density at radius 3 is 3.00 bits per heavy atom. The van der Waals surface area contributed by atoms with Crippen LogP contribution in [0.3, 0.4) is 0 Å². The Morgan fingerprint density at radius 1 is 1.60 bits per heavy atom. The summed E-state index contributed by atoms with van der Waals surface area (Å²) in [6, 6.07) is 1.63. The van der Waals surface area contributed by atoms with E-state index in [0.29, 0.717) is 24.5 Å². The standard InChI is InChI=1S/C9H11N3O2S/c13-8-3-6(5-15)4-12(8)7-1-2-10-9(14)11-7/h1-2,6,15H,3-5H2,(H,10,11,14). The Bertz CT molecular complexity index is 431. The number of nitrogens with one attached hydrogen (secondary N) is 1. The third kappa shape index (κ3) is 2.04. The van der Waals surface area contributed by atoms with E-state index in [2.05, 4.69) is 22.6 Å². The lowest BCUT2D eigenvalue weighted by molar-refractivity contribution is -0.117. The van der Waals surface area contributed by atoms with E-state index in [9.17, 15) is 9.59 Å². The van der Waals surface area contributed by atoms with Gasteiger partial charge in [-0.15, -0.1) is 0 Å². The SMILES string of the molecule is O=C1CC(CS)CN1c1ccnc(=O)[nH]1. The Labute approximate surface area is 91.9 Å². The first-order chi connectivity index (χ1) is 7.20. The van der Waals surface area contributed by atoms with E-state index in [0.717, 1.165) is 0 Å². The number of hydrogen-bond acceptors (Lipinski definition) is 4. The fourth-order valence-electron chi connectivity index (χ4n) is 1.65. The molecule has 80 valence electrons. The normalized spacial score (nSPS) is 21.0. The predicted octanol–water partition coefficient (Wildman–Crippen LogP) is 0.0526. The molecule has 15 heavy (non-hydrogen) atoms. The number of carbonyl (C=O) groups is 1. The van der Waals surface area contributed by atoms with Crippen LogP contribution in [0.5, 0.6) is 0 Å². The third-order valence-corrected chi connectivity index (χ3v) is 2.93. The first-order valence-corrected chi connectivity index (χ1v) is 5.30. The van der Waals surface area contributed by atoms with Gasteiger partial charge in [0.2, 0.25) is 5.91 Å². The van der Waals surface area contributed by atoms with E-state index in [1.54, 1.807) is 11.0 Å². The summed E-state index contributed by atoms with van der Waals surface area (Å²) in [6.07, 6.45) is 1.89. The van der Waals surface area contributed by atoms with E-state index in [4.69, 9.17) is 0 Å². The quantitative estimate of drug-likeness (QED) is 0.699. The summed E-state index contributed by atoms with van der Waals surface area (Å²) in [5.74, 6) is 1.48. The zero-order valence-electron chi connectivity index (χ0n) is 8.01. The molecular formula is C9H11N3O2S. The Hall–Kier alpha value is -1.30. The molecule has 5 nitrogen and oxygen atoms in total. The molecule has 6 heteroatoms. The van der Waals surface area contributed by atoms with Crippen molar-refractivity contribution >= 4 is 24.4 Å². The molecule has 1 atom stereocenters. The van der Waals surface area contributed by atoms with Crippen molar-refractivity contribution in [1.82, 2.24) is 9.97 Å². The number of H-pyrrole nitrogens is 1. The molecular weight excluding hydrogens is 214 g/mol. The minimum atomic E-state index is -0.436. The number of amides is 1. The average molecular weight is 225 g/mol. The summed E-state index contributed by atoms with van der Waals surface area (Å²) in [5.41, 5.74) is -0.436. The number of aromatic amines is 1. The van der Waals surface area contributed by atoms with E-state index in [-0.39, 0.29) is 11.8 Å². The van der Waals surface area contributed by atoms with Gasteiger partial charge < -0.3 is 0 Å². The summed E-state index contributed by atoms with van der Waals surface area (Å²) >= 11 is 4.17. The number of carbonyl (C=O) groups excluding carboxylic acids is 1. The van der Waals surface area contributed by atoms with Crippen molar-refractivity contribution < 1.29 is 4.79 Å². The lowest BCUT2D eigenvalue weighted by atomic mass is 10.1. The van der Waals surface area contributed by atoms with Crippen molar-refractivity contribution in [3.8, 4) is 0 Å². The van der Waals surface area contributed by atoms with Crippen LogP contribution >= 0.6 is 12.6 Å². The van der Waals surface area contributed by atoms with Crippen LogP contribution in [0.2, 0.25) is 0 Å². The van der Waals surface area contributed by atoms with E-state index in [1.807, 2.05) is 0 Å². The second-order valence-corrected chi connectivity index (χ2v) is 3.88. The number of anilines is 1. The molecule has 2 rings (SSSR count). The molecule has 0 radical (unpaired) electrons. The molecule has 0 saturated carbocycles. The van der Waals surface area contributed by atoms with Gasteiger partial charge in [0.25, 0.3) is 0 Å². The first kappa shape index (κ1) is 10.2. The number of rotatable bonds is 2. The predicted molar refractivity (Wildman–Crippen MR) is 59.2 cm³/mol. The van der Waals surface area contributed by atoms with Gasteiger partial charge in [-0.25, -0.2) is 9.78 Å². The minimum absolute atomic E-state index is 0.0240. The third-order valence-electron chi connectivity index (χ3n) is 2.41. The van der Waals surface area contributed by atoms with Crippen molar-refractivity contribution in [2.75, 3.05) is 17.2 Å². The molecule has 2 heterocycles. The van der Waals surface area contributed by atoms with E-state index >= 15 is 0 Å². The fourth-order valence-corrected chi connectivity index (χ4v) is 1.90. The van der Waals surface area contributed by atoms with E-state index in [1.165, 1.54) is 6.20 Å². The highest BCUT2D eigenvalue weighted by Crippen LogP contribution is 2.22. The van der Waals surface area contributed by atoms with Crippen molar-refractivity contribution in [2.45, 2.75) is 6.42 Å². The maximum Gasteiger partial charge on any atom is 0.346 e. The molecule has 0 aromatic carbocycles. The second-order valence-electron chi connectivity index (χ2n) is 3.52. The number of aromatic nitrogens is 2. The highest BCUT2D eigenvalue weighted by atomic mass is 32.1. The van der Waals surface area contributed by atoms with Crippen LogP contribution in [0.1, 0.15) is 6.42 Å². The number of thiol groups is 1. The van der Waals surface area contributed by atoms with Crippen LogP contribution < -0.4 is 10.6 Å². The van der Waals surface area contributed by atoms with Gasteiger partial charge in [0.1, 0.15) is 5.82 Å². The summed E-state index contributed by atoms with van der Waals surface area (Å²) in [7, 11) is 0. The topological polar surface area (TPSA) is 66.1 Å². The molecule has 1 aromatic heterocycles. The average Bonchev–Trinajstić information content (AvgIpc) is 2.60. The highest BCUT2D eigenvalue weighted by molar-refractivity contribution is 7.80. The molecule has 1 aliphatic rings. The number of nitrogens with zero attached hydrogens (tertiary/aromatic N) is 2. The molecule has 1 saturated heterocycles. The Balaban J connectivity index is 2.25. The van der Waals surface area contributed by atoms with Gasteiger partial charge in [0, 0.05) is 19.2 Å². The first-order valence-electron chi connectivity index (χ1n) is 4.67. The lowest BCUT2D eigenvalue weighted by Gasteiger charge is -2.14. The van der Waals surface area contributed by atoms with E-state index < -0.39 is 5.69 Å². The van der Waals surface area contributed by atoms with Gasteiger partial charge in [0.05, 0.1) is 0 Å². The summed E-state index contributed by atoms with van der Waals surface area (Å²) in [6.45, 7) is 0.613. The maximum atomic E-state index is 11.6. The monoisotopic (exact) mass is 225 g/mol. The second kappa shape index (κ2) is 4.06. The van der Waals surface area contributed by atoms with Gasteiger partial charge in [-0.3, -0.25) is 14.7 Å². The van der Waals surface area contributed by atoms with Gasteiger partial charge in [-0.2, -0.15) is 12.6 Å². The molecule has 1 amide bonds. The molecule has 1 fully saturated rings. The van der Waals surface area contributed by atoms with Crippen molar-refractivity contribution in [3.63, 3.8) is 0 Å². The molecule has 1 aliphatic heterocycles. The van der Waals surface area contributed by atoms with Gasteiger partial charge in [0.15, 0.2) is 0 Å². The molecule has 0 spiro atoms. The Kier molecular flexibility index (Phi) is 2.77. The largest absolute Gasteiger partial charge is 0.346 e. The van der Waals surface area contributed by atoms with Crippen LogP contribution in [0, 0.1) is 5.92 Å². The lowest BCUT2D eigenvalue weighted by Crippen LogP contribution is -2.28. The Morgan fingerprint density at radius 2 is 2.40 bits per heavy atom. The van der Waals surface area contributed by atoms with Crippen molar-refractivity contribution in [3.05, 3.63) is 22.7 Å².